The first-order valence-corrected chi connectivity index (χ1v) is 6.98. The molecule has 1 aromatic carbocycles. The van der Waals surface area contributed by atoms with E-state index in [1.54, 1.807) is 4.90 Å². The van der Waals surface area contributed by atoms with Crippen LogP contribution in [0.4, 0.5) is 4.79 Å². The van der Waals surface area contributed by atoms with Crippen LogP contribution in [0.2, 0.25) is 0 Å². The molecular formula is C16H21N3O. The van der Waals surface area contributed by atoms with E-state index >= 15 is 0 Å². The Bertz CT molecular complexity index is 507. The monoisotopic (exact) mass is 271 g/mol. The molecule has 2 rings (SSSR count). The van der Waals surface area contributed by atoms with Crippen molar-refractivity contribution in [1.82, 2.24) is 9.80 Å². The second-order valence-electron chi connectivity index (χ2n) is 5.04. The highest BCUT2D eigenvalue weighted by molar-refractivity contribution is 5.74. The summed E-state index contributed by atoms with van der Waals surface area (Å²) in [6.07, 6.45) is 2.24. The number of carbonyl (C=O) groups is 1. The number of amides is 2. The molecular weight excluding hydrogens is 250 g/mol. The van der Waals surface area contributed by atoms with Gasteiger partial charge in [0.15, 0.2) is 0 Å². The van der Waals surface area contributed by atoms with Gasteiger partial charge in [-0.25, -0.2) is 4.79 Å². The molecule has 4 nitrogen and oxygen atoms in total. The van der Waals surface area contributed by atoms with Gasteiger partial charge in [-0.3, -0.25) is 0 Å². The lowest BCUT2D eigenvalue weighted by atomic mass is 10.1. The maximum Gasteiger partial charge on any atom is 0.320 e. The Kier molecular flexibility index (Phi) is 5.03. The Balaban J connectivity index is 1.93. The van der Waals surface area contributed by atoms with Gasteiger partial charge in [-0.15, -0.1) is 0 Å². The highest BCUT2D eigenvalue weighted by Gasteiger charge is 2.20. The van der Waals surface area contributed by atoms with E-state index in [2.05, 4.69) is 11.8 Å². The number of rotatable bonds is 2. The number of hydrogen-bond acceptors (Lipinski definition) is 2. The van der Waals surface area contributed by atoms with Crippen molar-refractivity contribution in [2.45, 2.75) is 19.4 Å². The average molecular weight is 271 g/mol. The van der Waals surface area contributed by atoms with Crippen LogP contribution in [0.25, 0.3) is 0 Å². The molecule has 0 atom stereocenters. The Morgan fingerprint density at radius 3 is 2.55 bits per heavy atom. The number of urea groups is 1. The van der Waals surface area contributed by atoms with Crippen molar-refractivity contribution in [3.05, 3.63) is 35.4 Å². The number of carbonyl (C=O) groups excluding carboxylic acids is 1. The zero-order chi connectivity index (χ0) is 14.4. The van der Waals surface area contributed by atoms with E-state index < -0.39 is 0 Å². The molecule has 1 heterocycles. The summed E-state index contributed by atoms with van der Waals surface area (Å²) < 4.78 is 0. The molecule has 1 saturated heterocycles. The van der Waals surface area contributed by atoms with Gasteiger partial charge in [0, 0.05) is 32.2 Å². The van der Waals surface area contributed by atoms with Crippen LogP contribution in [-0.4, -0.2) is 42.5 Å². The van der Waals surface area contributed by atoms with Gasteiger partial charge < -0.3 is 15.5 Å². The van der Waals surface area contributed by atoms with Crippen molar-refractivity contribution in [3.8, 4) is 11.8 Å². The first kappa shape index (κ1) is 14.4. The van der Waals surface area contributed by atoms with Gasteiger partial charge in [0.05, 0.1) is 6.54 Å². The molecule has 1 fully saturated rings. The molecule has 0 bridgehead atoms. The van der Waals surface area contributed by atoms with Crippen molar-refractivity contribution in [3.63, 3.8) is 0 Å². The minimum atomic E-state index is 0.120. The summed E-state index contributed by atoms with van der Waals surface area (Å²) in [5.74, 6) is 5.82. The maximum atomic E-state index is 12.2. The molecule has 0 aliphatic carbocycles. The van der Waals surface area contributed by atoms with Gasteiger partial charge in [-0.1, -0.05) is 24.0 Å². The van der Waals surface area contributed by atoms with Crippen LogP contribution < -0.4 is 5.73 Å². The smallest absolute Gasteiger partial charge is 0.320 e. The lowest BCUT2D eigenvalue weighted by Crippen LogP contribution is -2.38. The fraction of sp³-hybridized carbons (Fsp3) is 0.438. The predicted molar refractivity (Wildman–Crippen MR) is 80.0 cm³/mol. The number of likely N-dealkylation sites (tertiary alicyclic amines) is 1. The third-order valence-electron chi connectivity index (χ3n) is 3.41. The Morgan fingerprint density at radius 1 is 1.30 bits per heavy atom. The number of hydrogen-bond donors (Lipinski definition) is 1. The minimum Gasteiger partial charge on any atom is -0.325 e. The standard InChI is InChI=1S/C16H21N3O/c1-18(16(20)19-11-2-3-12-19)13-15-8-6-14(7-9-15)5-4-10-17/h6-9H,2-3,10-13,17H2,1H3. The van der Waals surface area contributed by atoms with Gasteiger partial charge in [-0.2, -0.15) is 0 Å². The number of nitrogens with zero attached hydrogens (tertiary/aromatic N) is 2. The Labute approximate surface area is 120 Å². The molecule has 1 aliphatic rings. The topological polar surface area (TPSA) is 49.6 Å². The molecule has 0 spiro atoms. The van der Waals surface area contributed by atoms with Gasteiger partial charge in [0.25, 0.3) is 0 Å². The SMILES string of the molecule is CN(Cc1ccc(C#CCN)cc1)C(=O)N1CCCC1. The molecule has 0 radical (unpaired) electrons. The highest BCUT2D eigenvalue weighted by Crippen LogP contribution is 2.12. The summed E-state index contributed by atoms with van der Waals surface area (Å²) in [7, 11) is 1.85. The summed E-state index contributed by atoms with van der Waals surface area (Å²) in [6.45, 7) is 2.77. The molecule has 106 valence electrons. The maximum absolute atomic E-state index is 12.2. The van der Waals surface area contributed by atoms with E-state index in [0.29, 0.717) is 13.1 Å². The summed E-state index contributed by atoms with van der Waals surface area (Å²) in [4.78, 5) is 15.9. The van der Waals surface area contributed by atoms with Crippen LogP contribution in [0.1, 0.15) is 24.0 Å². The molecule has 2 N–H and O–H groups in total. The second kappa shape index (κ2) is 6.97. The number of nitrogens with two attached hydrogens (primary N) is 1. The third kappa shape index (κ3) is 3.75. The van der Waals surface area contributed by atoms with E-state index in [0.717, 1.165) is 37.1 Å². The predicted octanol–water partition coefficient (Wildman–Crippen LogP) is 1.64. The molecule has 2 amide bonds. The van der Waals surface area contributed by atoms with Crippen LogP contribution in [0, 0.1) is 11.8 Å². The Morgan fingerprint density at radius 2 is 1.95 bits per heavy atom. The van der Waals surface area contributed by atoms with E-state index in [-0.39, 0.29) is 6.03 Å². The first-order chi connectivity index (χ1) is 9.70. The summed E-state index contributed by atoms with van der Waals surface area (Å²) in [6, 6.07) is 8.07. The Hall–Kier alpha value is -1.99. The highest BCUT2D eigenvalue weighted by atomic mass is 16.2. The molecule has 1 aliphatic heterocycles. The van der Waals surface area contributed by atoms with Crippen LogP contribution in [-0.2, 0) is 6.54 Å². The van der Waals surface area contributed by atoms with Crippen LogP contribution in [0.15, 0.2) is 24.3 Å². The summed E-state index contributed by atoms with van der Waals surface area (Å²) in [5, 5.41) is 0. The fourth-order valence-electron chi connectivity index (χ4n) is 2.34. The molecule has 1 aromatic rings. The van der Waals surface area contributed by atoms with Gasteiger partial charge in [-0.05, 0) is 30.5 Å². The van der Waals surface area contributed by atoms with E-state index in [9.17, 15) is 4.79 Å². The molecule has 20 heavy (non-hydrogen) atoms. The largest absolute Gasteiger partial charge is 0.325 e. The van der Waals surface area contributed by atoms with Crippen LogP contribution >= 0.6 is 0 Å². The van der Waals surface area contributed by atoms with Crippen molar-refractivity contribution in [2.24, 2.45) is 5.73 Å². The molecule has 0 aromatic heterocycles. The fourth-order valence-corrected chi connectivity index (χ4v) is 2.34. The van der Waals surface area contributed by atoms with Gasteiger partial charge in [0.1, 0.15) is 0 Å². The lowest BCUT2D eigenvalue weighted by molar-refractivity contribution is 0.171. The lowest BCUT2D eigenvalue weighted by Gasteiger charge is -2.24. The first-order valence-electron chi connectivity index (χ1n) is 6.98. The quantitative estimate of drug-likeness (QED) is 0.831. The number of benzene rings is 1. The normalized spacial score (nSPS) is 13.8. The molecule has 0 unspecified atom stereocenters. The van der Waals surface area contributed by atoms with Crippen LogP contribution in [0.5, 0.6) is 0 Å². The summed E-state index contributed by atoms with van der Waals surface area (Å²) in [5.41, 5.74) is 7.40. The second-order valence-corrected chi connectivity index (χ2v) is 5.04. The molecule has 4 heteroatoms. The average Bonchev–Trinajstić information content (AvgIpc) is 3.00. The van der Waals surface area contributed by atoms with Crippen molar-refractivity contribution < 1.29 is 4.79 Å². The van der Waals surface area contributed by atoms with Gasteiger partial charge >= 0.3 is 6.03 Å². The molecule has 0 saturated carbocycles. The van der Waals surface area contributed by atoms with Crippen molar-refractivity contribution in [1.29, 1.82) is 0 Å². The van der Waals surface area contributed by atoms with E-state index in [4.69, 9.17) is 5.73 Å². The van der Waals surface area contributed by atoms with Gasteiger partial charge in [0.2, 0.25) is 0 Å². The van der Waals surface area contributed by atoms with Crippen molar-refractivity contribution in [2.75, 3.05) is 26.7 Å². The zero-order valence-electron chi connectivity index (χ0n) is 11.9. The summed E-state index contributed by atoms with van der Waals surface area (Å²) >= 11 is 0. The van der Waals surface area contributed by atoms with Crippen LogP contribution in [0.3, 0.4) is 0 Å². The van der Waals surface area contributed by atoms with E-state index in [1.165, 1.54) is 0 Å². The third-order valence-corrected chi connectivity index (χ3v) is 3.41. The van der Waals surface area contributed by atoms with E-state index in [1.807, 2.05) is 36.2 Å². The minimum absolute atomic E-state index is 0.120. The van der Waals surface area contributed by atoms with Crippen molar-refractivity contribution >= 4 is 6.03 Å². The zero-order valence-corrected chi connectivity index (χ0v) is 11.9.